The Balaban J connectivity index is 2.56. The Morgan fingerprint density at radius 3 is 2.71 bits per heavy atom. The Labute approximate surface area is 88.0 Å². The molecule has 1 heterocycles. The van der Waals surface area contributed by atoms with Gasteiger partial charge in [0.15, 0.2) is 0 Å². The molecule has 1 nitrogen and oxygen atoms in total. The standard InChI is InChI=1S/C12H14OS/c1-8(2)11(13)10-5-3-4-9-6-7-14-12(9)10/h3-8,11,13H,1-2H3. The van der Waals surface area contributed by atoms with Crippen molar-refractivity contribution >= 4 is 21.4 Å². The van der Waals surface area contributed by atoms with Crippen molar-refractivity contribution in [1.29, 1.82) is 0 Å². The number of aliphatic hydroxyl groups excluding tert-OH is 1. The largest absolute Gasteiger partial charge is 0.388 e. The topological polar surface area (TPSA) is 20.2 Å². The van der Waals surface area contributed by atoms with Crippen LogP contribution in [0.5, 0.6) is 0 Å². The first-order chi connectivity index (χ1) is 6.70. The second-order valence-electron chi connectivity index (χ2n) is 3.88. The van der Waals surface area contributed by atoms with Gasteiger partial charge in [0.1, 0.15) is 0 Å². The number of benzene rings is 1. The number of hydrogen-bond donors (Lipinski definition) is 1. The van der Waals surface area contributed by atoms with E-state index in [2.05, 4.69) is 17.5 Å². The average Bonchev–Trinajstić information content (AvgIpc) is 2.63. The van der Waals surface area contributed by atoms with Crippen LogP contribution < -0.4 is 0 Å². The van der Waals surface area contributed by atoms with Gasteiger partial charge in [-0.3, -0.25) is 0 Å². The molecule has 1 aromatic carbocycles. The van der Waals surface area contributed by atoms with E-state index in [1.807, 2.05) is 26.0 Å². The zero-order valence-corrected chi connectivity index (χ0v) is 9.21. The smallest absolute Gasteiger partial charge is 0.0826 e. The Morgan fingerprint density at radius 2 is 2.00 bits per heavy atom. The highest BCUT2D eigenvalue weighted by Crippen LogP contribution is 2.31. The monoisotopic (exact) mass is 206 g/mol. The van der Waals surface area contributed by atoms with Crippen LogP contribution >= 0.6 is 11.3 Å². The maximum atomic E-state index is 10.0. The Hall–Kier alpha value is -0.860. The Morgan fingerprint density at radius 1 is 1.21 bits per heavy atom. The predicted octanol–water partition coefficient (Wildman–Crippen LogP) is 3.59. The fourth-order valence-corrected chi connectivity index (χ4v) is 2.56. The number of thiophene rings is 1. The lowest BCUT2D eigenvalue weighted by atomic mass is 9.98. The summed E-state index contributed by atoms with van der Waals surface area (Å²) in [7, 11) is 0. The van der Waals surface area contributed by atoms with Gasteiger partial charge < -0.3 is 5.11 Å². The summed E-state index contributed by atoms with van der Waals surface area (Å²) in [6.07, 6.45) is -0.350. The summed E-state index contributed by atoms with van der Waals surface area (Å²) in [5.41, 5.74) is 1.06. The first-order valence-electron chi connectivity index (χ1n) is 4.84. The maximum Gasteiger partial charge on any atom is 0.0826 e. The molecule has 1 N–H and O–H groups in total. The minimum absolute atomic E-state index is 0.266. The molecule has 0 spiro atoms. The average molecular weight is 206 g/mol. The fraction of sp³-hybridized carbons (Fsp3) is 0.333. The van der Waals surface area contributed by atoms with Gasteiger partial charge in [-0.25, -0.2) is 0 Å². The fourth-order valence-electron chi connectivity index (χ4n) is 1.61. The van der Waals surface area contributed by atoms with E-state index in [-0.39, 0.29) is 12.0 Å². The maximum absolute atomic E-state index is 10.0. The summed E-state index contributed by atoms with van der Waals surface area (Å²) in [5, 5.41) is 13.3. The summed E-state index contributed by atoms with van der Waals surface area (Å²) in [5.74, 6) is 0.266. The highest BCUT2D eigenvalue weighted by atomic mass is 32.1. The van der Waals surface area contributed by atoms with Crippen LogP contribution in [0, 0.1) is 5.92 Å². The van der Waals surface area contributed by atoms with E-state index in [0.717, 1.165) is 5.56 Å². The molecule has 1 atom stereocenters. The van der Waals surface area contributed by atoms with Crippen molar-refractivity contribution in [2.75, 3.05) is 0 Å². The molecule has 2 aromatic rings. The van der Waals surface area contributed by atoms with E-state index in [1.165, 1.54) is 10.1 Å². The SMILES string of the molecule is CC(C)C(O)c1cccc2ccsc12. The molecule has 0 fully saturated rings. The van der Waals surface area contributed by atoms with Crippen LogP contribution in [0.3, 0.4) is 0 Å². The van der Waals surface area contributed by atoms with E-state index < -0.39 is 0 Å². The van der Waals surface area contributed by atoms with E-state index in [0.29, 0.717) is 0 Å². The summed E-state index contributed by atoms with van der Waals surface area (Å²) in [6, 6.07) is 8.21. The van der Waals surface area contributed by atoms with E-state index in [9.17, 15) is 5.11 Å². The molecule has 0 amide bonds. The molecule has 14 heavy (non-hydrogen) atoms. The van der Waals surface area contributed by atoms with Gasteiger partial charge >= 0.3 is 0 Å². The number of hydrogen-bond acceptors (Lipinski definition) is 2. The lowest BCUT2D eigenvalue weighted by Crippen LogP contribution is -2.05. The molecule has 0 saturated carbocycles. The van der Waals surface area contributed by atoms with Crippen LogP contribution in [0.25, 0.3) is 10.1 Å². The molecule has 2 rings (SSSR count). The molecule has 0 saturated heterocycles. The molecule has 1 unspecified atom stereocenters. The minimum Gasteiger partial charge on any atom is -0.388 e. The molecule has 0 radical (unpaired) electrons. The normalized spacial score (nSPS) is 13.7. The van der Waals surface area contributed by atoms with E-state index >= 15 is 0 Å². The summed E-state index contributed by atoms with van der Waals surface area (Å²) in [4.78, 5) is 0. The summed E-state index contributed by atoms with van der Waals surface area (Å²) >= 11 is 1.70. The van der Waals surface area contributed by atoms with Crippen LogP contribution in [0.1, 0.15) is 25.5 Å². The Bertz CT molecular complexity index is 431. The molecule has 0 aliphatic heterocycles. The van der Waals surface area contributed by atoms with E-state index in [1.54, 1.807) is 11.3 Å². The van der Waals surface area contributed by atoms with E-state index in [4.69, 9.17) is 0 Å². The number of fused-ring (bicyclic) bond motifs is 1. The van der Waals surface area contributed by atoms with Gasteiger partial charge in [-0.05, 0) is 28.3 Å². The zero-order valence-electron chi connectivity index (χ0n) is 8.40. The van der Waals surface area contributed by atoms with Gasteiger partial charge in [0.05, 0.1) is 6.10 Å². The predicted molar refractivity (Wildman–Crippen MR) is 61.6 cm³/mol. The first-order valence-corrected chi connectivity index (χ1v) is 5.72. The van der Waals surface area contributed by atoms with Crippen molar-refractivity contribution in [2.45, 2.75) is 20.0 Å². The van der Waals surface area contributed by atoms with Gasteiger partial charge in [0.25, 0.3) is 0 Å². The third kappa shape index (κ3) is 1.56. The van der Waals surface area contributed by atoms with Crippen LogP contribution in [0.15, 0.2) is 29.6 Å². The molecule has 0 bridgehead atoms. The second-order valence-corrected chi connectivity index (χ2v) is 4.79. The first kappa shape index (κ1) is 9.69. The third-order valence-electron chi connectivity index (χ3n) is 2.46. The minimum atomic E-state index is -0.350. The van der Waals surface area contributed by atoms with Gasteiger partial charge in [-0.1, -0.05) is 32.0 Å². The molecular weight excluding hydrogens is 192 g/mol. The van der Waals surface area contributed by atoms with Crippen molar-refractivity contribution in [3.05, 3.63) is 35.2 Å². The summed E-state index contributed by atoms with van der Waals surface area (Å²) < 4.78 is 1.22. The zero-order chi connectivity index (χ0) is 10.1. The van der Waals surface area contributed by atoms with Crippen molar-refractivity contribution in [2.24, 2.45) is 5.92 Å². The summed E-state index contributed by atoms with van der Waals surface area (Å²) in [6.45, 7) is 4.08. The number of aliphatic hydroxyl groups is 1. The molecule has 0 aliphatic rings. The molecule has 2 heteroatoms. The van der Waals surface area contributed by atoms with Gasteiger partial charge in [0.2, 0.25) is 0 Å². The highest BCUT2D eigenvalue weighted by Gasteiger charge is 2.14. The van der Waals surface area contributed by atoms with Crippen molar-refractivity contribution in [3.8, 4) is 0 Å². The van der Waals surface area contributed by atoms with Gasteiger partial charge in [-0.15, -0.1) is 11.3 Å². The van der Waals surface area contributed by atoms with Crippen LogP contribution in [0.4, 0.5) is 0 Å². The van der Waals surface area contributed by atoms with Crippen molar-refractivity contribution in [1.82, 2.24) is 0 Å². The number of rotatable bonds is 2. The third-order valence-corrected chi connectivity index (χ3v) is 3.44. The Kier molecular flexibility index (Phi) is 2.57. The molecule has 0 aliphatic carbocycles. The quantitative estimate of drug-likeness (QED) is 0.796. The van der Waals surface area contributed by atoms with Crippen molar-refractivity contribution in [3.63, 3.8) is 0 Å². The lowest BCUT2D eigenvalue weighted by molar-refractivity contribution is 0.128. The molecule has 1 aromatic heterocycles. The van der Waals surface area contributed by atoms with Gasteiger partial charge in [-0.2, -0.15) is 0 Å². The van der Waals surface area contributed by atoms with Crippen LogP contribution in [0.2, 0.25) is 0 Å². The second kappa shape index (κ2) is 3.71. The van der Waals surface area contributed by atoms with Crippen molar-refractivity contribution < 1.29 is 5.11 Å². The lowest BCUT2D eigenvalue weighted by Gasteiger charge is -2.15. The molecular formula is C12H14OS. The highest BCUT2D eigenvalue weighted by molar-refractivity contribution is 7.17. The van der Waals surface area contributed by atoms with Crippen LogP contribution in [-0.2, 0) is 0 Å². The molecule has 74 valence electrons. The van der Waals surface area contributed by atoms with Gasteiger partial charge in [0, 0.05) is 4.70 Å². The van der Waals surface area contributed by atoms with Crippen LogP contribution in [-0.4, -0.2) is 5.11 Å².